The molecule has 0 N–H and O–H groups in total. The van der Waals surface area contributed by atoms with Crippen molar-refractivity contribution in [2.45, 2.75) is 13.8 Å². The Hall–Kier alpha value is -0.326. The molecule has 0 spiro atoms. The van der Waals surface area contributed by atoms with Crippen LogP contribution in [0.3, 0.4) is 0 Å². The summed E-state index contributed by atoms with van der Waals surface area (Å²) in [6, 6.07) is 0. The third-order valence-electron chi connectivity index (χ3n) is 0.992. The molecule has 0 radical (unpaired) electrons. The van der Waals surface area contributed by atoms with E-state index in [-0.39, 0.29) is 19.2 Å². The van der Waals surface area contributed by atoms with Crippen LogP contribution in [0.15, 0.2) is 45.2 Å². The van der Waals surface area contributed by atoms with E-state index in [0.29, 0.717) is 0 Å². The van der Waals surface area contributed by atoms with Crippen LogP contribution in [-0.4, -0.2) is 0 Å². The fraction of sp³-hybridized carbons (Fsp3) is 0.200. The summed E-state index contributed by atoms with van der Waals surface area (Å²) in [7, 11) is 0. The Labute approximate surface area is 78.3 Å². The summed E-state index contributed by atoms with van der Waals surface area (Å²) in [5.41, 5.74) is 0. The monoisotopic (exact) mass is 182 g/mol. The molecule has 0 atom stereocenters. The van der Waals surface area contributed by atoms with Gasteiger partial charge in [0.1, 0.15) is 0 Å². The first-order valence-electron chi connectivity index (χ1n) is 3.73. The number of rotatable bonds is 4. The molecule has 1 heteroatoms. The average Bonchev–Trinajstić information content (AvgIpc) is 2.03. The molecule has 0 aromatic rings. The molecule has 0 saturated heterocycles. The molecule has 0 amide bonds. The van der Waals surface area contributed by atoms with Gasteiger partial charge >= 0.3 is 78.2 Å². The maximum atomic E-state index is 2.25. The predicted octanol–water partition coefficient (Wildman–Crippen LogP) is 3.25. The van der Waals surface area contributed by atoms with Gasteiger partial charge in [-0.3, -0.25) is 0 Å². The summed E-state index contributed by atoms with van der Waals surface area (Å²) in [5.74, 6) is 0. The van der Waals surface area contributed by atoms with Crippen LogP contribution in [0.2, 0.25) is 0 Å². The first-order valence-corrected chi connectivity index (χ1v) is 5.54. The van der Waals surface area contributed by atoms with Gasteiger partial charge in [0.25, 0.3) is 0 Å². The topological polar surface area (TPSA) is 0 Å². The normalized spacial score (nSPS) is 12.9. The van der Waals surface area contributed by atoms with Crippen molar-refractivity contribution in [3.8, 4) is 0 Å². The minimum atomic E-state index is 0.0172. The van der Waals surface area contributed by atoms with Crippen LogP contribution >= 0.6 is 0 Å². The van der Waals surface area contributed by atoms with Crippen LogP contribution in [0.5, 0.6) is 0 Å². The van der Waals surface area contributed by atoms with Gasteiger partial charge in [0, 0.05) is 0 Å². The summed E-state index contributed by atoms with van der Waals surface area (Å²) in [6.45, 7) is 4.06. The molecule has 0 aliphatic rings. The fourth-order valence-electron chi connectivity index (χ4n) is 0.500. The van der Waals surface area contributed by atoms with E-state index in [4.69, 9.17) is 0 Å². The molecule has 58 valence electrons. The molecule has 0 aliphatic carbocycles. The van der Waals surface area contributed by atoms with E-state index in [0.717, 1.165) is 0 Å². The second-order valence-corrected chi connectivity index (χ2v) is 3.50. The maximum absolute atomic E-state index is 2.25. The van der Waals surface area contributed by atoms with Gasteiger partial charge in [-0.2, -0.15) is 0 Å². The summed E-state index contributed by atoms with van der Waals surface area (Å²) in [6.07, 6.45) is 12.4. The van der Waals surface area contributed by atoms with Gasteiger partial charge in [-0.05, 0) is 0 Å². The second-order valence-electron chi connectivity index (χ2n) is 1.94. The summed E-state index contributed by atoms with van der Waals surface area (Å²) < 4.78 is 4.50. The third kappa shape index (κ3) is 9.67. The molecular formula is C10H14Ti. The summed E-state index contributed by atoms with van der Waals surface area (Å²) >= 11 is 0.0172. The van der Waals surface area contributed by atoms with Gasteiger partial charge in [-0.25, -0.2) is 0 Å². The van der Waals surface area contributed by atoms with E-state index < -0.39 is 0 Å². The molecule has 0 nitrogen and oxygen atoms in total. The quantitative estimate of drug-likeness (QED) is 0.462. The molecule has 0 bridgehead atoms. The van der Waals surface area contributed by atoms with Crippen molar-refractivity contribution in [3.05, 3.63) is 45.2 Å². The Balaban J connectivity index is 3.40. The van der Waals surface area contributed by atoms with Gasteiger partial charge in [0.15, 0.2) is 0 Å². The zero-order valence-corrected chi connectivity index (χ0v) is 8.68. The van der Waals surface area contributed by atoms with Crippen molar-refractivity contribution in [1.82, 2.24) is 0 Å². The van der Waals surface area contributed by atoms with Crippen LogP contribution < -0.4 is 0 Å². The van der Waals surface area contributed by atoms with Gasteiger partial charge in [-0.15, -0.1) is 0 Å². The first kappa shape index (κ1) is 10.7. The third-order valence-corrected chi connectivity index (χ3v) is 2.19. The van der Waals surface area contributed by atoms with E-state index in [1.165, 1.54) is 0 Å². The van der Waals surface area contributed by atoms with Crippen molar-refractivity contribution < 1.29 is 19.2 Å². The van der Waals surface area contributed by atoms with E-state index >= 15 is 0 Å². The van der Waals surface area contributed by atoms with Gasteiger partial charge < -0.3 is 0 Å². The van der Waals surface area contributed by atoms with E-state index in [2.05, 4.69) is 33.1 Å². The molecule has 0 unspecified atom stereocenters. The Morgan fingerprint density at radius 2 is 1.18 bits per heavy atom. The molecule has 0 aromatic heterocycles. The van der Waals surface area contributed by atoms with Crippen LogP contribution in [0, 0.1) is 0 Å². The Bertz CT molecular complexity index is 153. The summed E-state index contributed by atoms with van der Waals surface area (Å²) in [5, 5.41) is 0. The zero-order valence-electron chi connectivity index (χ0n) is 7.12. The predicted molar refractivity (Wildman–Crippen MR) is 47.9 cm³/mol. The first-order chi connectivity index (χ1) is 5.41. The molecule has 0 aliphatic heterocycles. The molecule has 11 heavy (non-hydrogen) atoms. The van der Waals surface area contributed by atoms with Gasteiger partial charge in [0.2, 0.25) is 0 Å². The zero-order chi connectivity index (χ0) is 8.36. The van der Waals surface area contributed by atoms with Crippen molar-refractivity contribution >= 4 is 0 Å². The van der Waals surface area contributed by atoms with Gasteiger partial charge in [-0.1, -0.05) is 0 Å². The molecule has 0 aromatic carbocycles. The summed E-state index contributed by atoms with van der Waals surface area (Å²) in [4.78, 5) is 0. The van der Waals surface area contributed by atoms with Crippen molar-refractivity contribution in [2.75, 3.05) is 0 Å². The number of hydrogen-bond acceptors (Lipinski definition) is 0. The second kappa shape index (κ2) is 9.67. The van der Waals surface area contributed by atoms with Crippen molar-refractivity contribution in [1.29, 1.82) is 0 Å². The van der Waals surface area contributed by atoms with Crippen LogP contribution in [0.4, 0.5) is 0 Å². The molecule has 0 rings (SSSR count). The van der Waals surface area contributed by atoms with E-state index in [9.17, 15) is 0 Å². The van der Waals surface area contributed by atoms with Crippen LogP contribution in [0.1, 0.15) is 13.8 Å². The van der Waals surface area contributed by atoms with Crippen molar-refractivity contribution in [2.24, 2.45) is 0 Å². The molecular weight excluding hydrogens is 168 g/mol. The Kier molecular flexibility index (Phi) is 9.39. The molecule has 0 heterocycles. The van der Waals surface area contributed by atoms with E-state index in [1.807, 2.05) is 26.0 Å². The standard InChI is InChI=1S/2C5H7.Ti/c2*1-3-5-4-2;/h2*1,3-5H,2H3;. The minimum absolute atomic E-state index is 0.0172. The van der Waals surface area contributed by atoms with Crippen LogP contribution in [0.25, 0.3) is 0 Å². The molecule has 0 fully saturated rings. The SMILES string of the molecule is CC=CC=[CH][Ti][CH]=CC=CC. The number of hydrogen-bond donors (Lipinski definition) is 0. The van der Waals surface area contributed by atoms with E-state index in [1.54, 1.807) is 0 Å². The Morgan fingerprint density at radius 3 is 1.55 bits per heavy atom. The van der Waals surface area contributed by atoms with Crippen molar-refractivity contribution in [3.63, 3.8) is 0 Å². The Morgan fingerprint density at radius 1 is 0.727 bits per heavy atom. The number of allylic oxidation sites excluding steroid dienone is 6. The van der Waals surface area contributed by atoms with Gasteiger partial charge in [0.05, 0.1) is 0 Å². The molecule has 0 saturated carbocycles. The average molecular weight is 182 g/mol. The fourth-order valence-corrected chi connectivity index (χ4v) is 1.37. The van der Waals surface area contributed by atoms with Crippen LogP contribution in [-0.2, 0) is 19.2 Å².